The van der Waals surface area contributed by atoms with Crippen LogP contribution >= 0.6 is 0 Å². The third-order valence-corrected chi connectivity index (χ3v) is 6.54. The van der Waals surface area contributed by atoms with Crippen molar-refractivity contribution in [3.63, 3.8) is 0 Å². The smallest absolute Gasteiger partial charge is 0.163 e. The molecule has 1 aromatic carbocycles. The van der Waals surface area contributed by atoms with Gasteiger partial charge in [0, 0.05) is 12.0 Å². The minimum Gasteiger partial charge on any atom is -0.508 e. The number of aliphatic hydroxyl groups excluding tert-OH is 1. The van der Waals surface area contributed by atoms with Gasteiger partial charge in [-0.15, -0.1) is 0 Å². The SMILES string of the molecule is CC12CCC3c4ccc(O)cc4C(=O)CC3C1CC[C@@H]2O. The van der Waals surface area contributed by atoms with Crippen LogP contribution < -0.4 is 0 Å². The third-order valence-electron chi connectivity index (χ3n) is 6.54. The van der Waals surface area contributed by atoms with Crippen LogP contribution in [0.2, 0.25) is 0 Å². The number of ketones is 1. The molecule has 2 saturated carbocycles. The number of benzene rings is 1. The Morgan fingerprint density at radius 1 is 1.24 bits per heavy atom. The Hall–Kier alpha value is -1.35. The Balaban J connectivity index is 1.77. The van der Waals surface area contributed by atoms with E-state index < -0.39 is 0 Å². The quantitative estimate of drug-likeness (QED) is 0.769. The topological polar surface area (TPSA) is 57.5 Å². The number of Topliss-reactive ketones (excluding diaryl/α,β-unsaturated/α-hetero) is 1. The summed E-state index contributed by atoms with van der Waals surface area (Å²) in [5.41, 5.74) is 1.84. The molecular weight excluding hydrogens is 264 g/mol. The lowest BCUT2D eigenvalue weighted by atomic mass is 9.55. The molecule has 4 rings (SSSR count). The van der Waals surface area contributed by atoms with Gasteiger partial charge in [0.05, 0.1) is 6.10 Å². The van der Waals surface area contributed by atoms with Crippen molar-refractivity contribution in [3.05, 3.63) is 29.3 Å². The lowest BCUT2D eigenvalue weighted by molar-refractivity contribution is -0.0208. The number of carbonyl (C=O) groups is 1. The molecule has 0 radical (unpaired) electrons. The third kappa shape index (κ3) is 1.73. The molecule has 0 amide bonds. The van der Waals surface area contributed by atoms with Gasteiger partial charge in [-0.3, -0.25) is 4.79 Å². The molecule has 1 aromatic rings. The summed E-state index contributed by atoms with van der Waals surface area (Å²) < 4.78 is 0. The van der Waals surface area contributed by atoms with Crippen LogP contribution in [0.1, 0.15) is 60.9 Å². The van der Waals surface area contributed by atoms with Crippen LogP contribution in [0.3, 0.4) is 0 Å². The van der Waals surface area contributed by atoms with Crippen LogP contribution in [0, 0.1) is 17.3 Å². The van der Waals surface area contributed by atoms with Crippen molar-refractivity contribution in [2.45, 2.75) is 51.0 Å². The second-order valence-electron chi connectivity index (χ2n) is 7.41. The minimum atomic E-state index is -0.209. The van der Waals surface area contributed by atoms with E-state index in [9.17, 15) is 15.0 Å². The molecule has 4 unspecified atom stereocenters. The average molecular weight is 286 g/mol. The molecule has 0 bridgehead atoms. The maximum absolute atomic E-state index is 12.5. The molecule has 2 fully saturated rings. The first-order chi connectivity index (χ1) is 10.0. The molecule has 3 nitrogen and oxygen atoms in total. The van der Waals surface area contributed by atoms with Crippen molar-refractivity contribution in [1.29, 1.82) is 0 Å². The van der Waals surface area contributed by atoms with Crippen molar-refractivity contribution in [2.75, 3.05) is 0 Å². The molecule has 21 heavy (non-hydrogen) atoms. The van der Waals surface area contributed by atoms with Crippen molar-refractivity contribution in [3.8, 4) is 5.75 Å². The van der Waals surface area contributed by atoms with Gasteiger partial charge in [-0.2, -0.15) is 0 Å². The number of carbonyl (C=O) groups excluding carboxylic acids is 1. The fourth-order valence-corrected chi connectivity index (χ4v) is 5.36. The highest BCUT2D eigenvalue weighted by Gasteiger charge is 2.55. The number of hydrogen-bond donors (Lipinski definition) is 2. The van der Waals surface area contributed by atoms with E-state index in [1.54, 1.807) is 12.1 Å². The van der Waals surface area contributed by atoms with Crippen LogP contribution in [0.25, 0.3) is 0 Å². The van der Waals surface area contributed by atoms with E-state index in [1.807, 2.05) is 6.07 Å². The van der Waals surface area contributed by atoms with Gasteiger partial charge in [0.1, 0.15) is 5.75 Å². The first-order valence-electron chi connectivity index (χ1n) is 8.05. The largest absolute Gasteiger partial charge is 0.508 e. The number of hydrogen-bond acceptors (Lipinski definition) is 3. The predicted octanol–water partition coefficient (Wildman–Crippen LogP) is 3.25. The molecule has 5 atom stereocenters. The van der Waals surface area contributed by atoms with Crippen LogP contribution in [-0.2, 0) is 0 Å². The number of aliphatic hydroxyl groups is 1. The molecule has 0 aromatic heterocycles. The first-order valence-corrected chi connectivity index (χ1v) is 8.05. The van der Waals surface area contributed by atoms with E-state index in [2.05, 4.69) is 6.92 Å². The first kappa shape index (κ1) is 13.3. The van der Waals surface area contributed by atoms with E-state index in [4.69, 9.17) is 0 Å². The Morgan fingerprint density at radius 2 is 2.05 bits per heavy atom. The van der Waals surface area contributed by atoms with E-state index in [0.717, 1.165) is 36.8 Å². The number of aromatic hydroxyl groups is 1. The highest BCUT2D eigenvalue weighted by Crippen LogP contribution is 2.60. The molecule has 0 aliphatic heterocycles. The standard InChI is InChI=1S/C18H22O3/c1-18-7-6-12-11-3-2-10(19)8-14(11)16(20)9-13(12)15(18)4-5-17(18)21/h2-3,8,12-13,15,17,19,21H,4-7,9H2,1H3/t12?,13?,15?,17-,18?/m0/s1. The lowest BCUT2D eigenvalue weighted by Crippen LogP contribution is -2.44. The number of fused-ring (bicyclic) bond motifs is 5. The Morgan fingerprint density at radius 3 is 2.86 bits per heavy atom. The summed E-state index contributed by atoms with van der Waals surface area (Å²) in [6.45, 7) is 2.21. The average Bonchev–Trinajstić information content (AvgIpc) is 2.76. The van der Waals surface area contributed by atoms with Gasteiger partial charge in [-0.1, -0.05) is 13.0 Å². The van der Waals surface area contributed by atoms with Gasteiger partial charge in [0.2, 0.25) is 0 Å². The van der Waals surface area contributed by atoms with Gasteiger partial charge in [-0.05, 0) is 66.5 Å². The van der Waals surface area contributed by atoms with Gasteiger partial charge in [-0.25, -0.2) is 0 Å². The van der Waals surface area contributed by atoms with Gasteiger partial charge >= 0.3 is 0 Å². The maximum atomic E-state index is 12.5. The molecule has 3 aliphatic rings. The summed E-state index contributed by atoms with van der Waals surface area (Å²) in [5, 5.41) is 20.0. The number of rotatable bonds is 0. The second-order valence-corrected chi connectivity index (χ2v) is 7.41. The zero-order valence-corrected chi connectivity index (χ0v) is 12.4. The summed E-state index contributed by atoms with van der Waals surface area (Å²) >= 11 is 0. The second kappa shape index (κ2) is 4.33. The molecule has 0 saturated heterocycles. The molecular formula is C18H22O3. The summed E-state index contributed by atoms with van der Waals surface area (Å²) in [5.74, 6) is 1.58. The van der Waals surface area contributed by atoms with Crippen LogP contribution in [0.5, 0.6) is 5.75 Å². The van der Waals surface area contributed by atoms with Gasteiger partial charge in [0.15, 0.2) is 5.78 Å². The predicted molar refractivity (Wildman–Crippen MR) is 79.4 cm³/mol. The fourth-order valence-electron chi connectivity index (χ4n) is 5.36. The van der Waals surface area contributed by atoms with E-state index in [1.165, 1.54) is 0 Å². The molecule has 0 heterocycles. The van der Waals surface area contributed by atoms with E-state index in [-0.39, 0.29) is 23.1 Å². The Bertz CT molecular complexity index is 608. The normalized spacial score (nSPS) is 41.3. The summed E-state index contributed by atoms with van der Waals surface area (Å²) in [6.07, 6.45) is 4.36. The van der Waals surface area contributed by atoms with Gasteiger partial charge < -0.3 is 10.2 Å². The molecule has 3 heteroatoms. The zero-order valence-electron chi connectivity index (χ0n) is 12.4. The number of phenolic OH excluding ortho intramolecular Hbond substituents is 1. The molecule has 2 N–H and O–H groups in total. The van der Waals surface area contributed by atoms with Crippen LogP contribution in [-0.4, -0.2) is 22.1 Å². The van der Waals surface area contributed by atoms with Crippen molar-refractivity contribution >= 4 is 5.78 Å². The highest BCUT2D eigenvalue weighted by molar-refractivity contribution is 5.99. The fraction of sp³-hybridized carbons (Fsp3) is 0.611. The van der Waals surface area contributed by atoms with Crippen molar-refractivity contribution < 1.29 is 15.0 Å². The molecule has 3 aliphatic carbocycles. The Kier molecular flexibility index (Phi) is 2.74. The van der Waals surface area contributed by atoms with Crippen LogP contribution in [0.15, 0.2) is 18.2 Å². The summed E-state index contributed by atoms with van der Waals surface area (Å²) in [7, 11) is 0. The minimum absolute atomic E-state index is 0.00410. The molecule has 0 spiro atoms. The van der Waals surface area contributed by atoms with E-state index in [0.29, 0.717) is 24.2 Å². The highest BCUT2D eigenvalue weighted by atomic mass is 16.3. The van der Waals surface area contributed by atoms with Crippen LogP contribution in [0.4, 0.5) is 0 Å². The Labute approximate surface area is 125 Å². The van der Waals surface area contributed by atoms with E-state index >= 15 is 0 Å². The summed E-state index contributed by atoms with van der Waals surface area (Å²) in [4.78, 5) is 12.5. The maximum Gasteiger partial charge on any atom is 0.163 e. The number of phenols is 1. The van der Waals surface area contributed by atoms with Crippen molar-refractivity contribution in [2.24, 2.45) is 17.3 Å². The monoisotopic (exact) mass is 286 g/mol. The summed E-state index contributed by atoms with van der Waals surface area (Å²) in [6, 6.07) is 5.27. The lowest BCUT2D eigenvalue weighted by Gasteiger charge is -2.49. The zero-order chi connectivity index (χ0) is 14.8. The van der Waals surface area contributed by atoms with Crippen molar-refractivity contribution in [1.82, 2.24) is 0 Å². The van der Waals surface area contributed by atoms with Gasteiger partial charge in [0.25, 0.3) is 0 Å². The molecule has 112 valence electrons.